The van der Waals surface area contributed by atoms with Crippen LogP contribution in [0.25, 0.3) is 0 Å². The van der Waals surface area contributed by atoms with Gasteiger partial charge in [-0.25, -0.2) is 8.42 Å². The number of rotatable bonds is 9. The first kappa shape index (κ1) is 23.9. The van der Waals surface area contributed by atoms with Gasteiger partial charge in [-0.2, -0.15) is 5.10 Å². The quantitative estimate of drug-likeness (QED) is 0.318. The van der Waals surface area contributed by atoms with Gasteiger partial charge in [-0.15, -0.1) is 0 Å². The van der Waals surface area contributed by atoms with Crippen LogP contribution in [0.5, 0.6) is 0 Å². The number of carbonyl (C=O) groups excluding carboxylic acids is 2. The molecular weight excluding hydrogens is 450 g/mol. The number of amides is 1. The van der Waals surface area contributed by atoms with Crippen LogP contribution in [0.15, 0.2) is 58.5 Å². The first-order valence-corrected chi connectivity index (χ1v) is 11.9. The Labute approximate surface area is 190 Å². The van der Waals surface area contributed by atoms with Crippen molar-refractivity contribution in [3.8, 4) is 0 Å². The molecule has 1 aliphatic rings. The number of nitrogens with one attached hydrogen (secondary N) is 2. The molecule has 0 saturated heterocycles. The lowest BCUT2D eigenvalue weighted by atomic mass is 10.1. The van der Waals surface area contributed by atoms with E-state index in [2.05, 4.69) is 15.7 Å². The zero-order valence-corrected chi connectivity index (χ0v) is 18.8. The van der Waals surface area contributed by atoms with Crippen LogP contribution in [0.2, 0.25) is 0 Å². The number of hydrazone groups is 1. The van der Waals surface area contributed by atoms with Gasteiger partial charge < -0.3 is 10.6 Å². The first-order valence-electron chi connectivity index (χ1n) is 10.0. The summed E-state index contributed by atoms with van der Waals surface area (Å²) in [7, 11) is -3.59. The van der Waals surface area contributed by atoms with E-state index in [4.69, 9.17) is 0 Å². The van der Waals surface area contributed by atoms with E-state index >= 15 is 0 Å². The molecule has 1 heterocycles. The highest BCUT2D eigenvalue weighted by Gasteiger charge is 2.34. The Balaban J connectivity index is 1.62. The first-order chi connectivity index (χ1) is 15.6. The van der Waals surface area contributed by atoms with Crippen molar-refractivity contribution < 1.29 is 22.9 Å². The topological polar surface area (TPSA) is 151 Å². The molecular formula is C21H23N5O6S. The zero-order valence-electron chi connectivity index (χ0n) is 18.0. The maximum absolute atomic E-state index is 12.5. The Bertz CT molecular complexity index is 1210. The minimum atomic E-state index is -3.59. The maximum Gasteiger partial charge on any atom is 0.293 e. The molecule has 1 aliphatic heterocycles. The lowest BCUT2D eigenvalue weighted by molar-refractivity contribution is -0.384. The van der Waals surface area contributed by atoms with Crippen LogP contribution in [0.4, 0.5) is 17.1 Å². The monoisotopic (exact) mass is 473 g/mol. The van der Waals surface area contributed by atoms with Crippen LogP contribution in [0.1, 0.15) is 13.3 Å². The van der Waals surface area contributed by atoms with Crippen LogP contribution in [0, 0.1) is 10.1 Å². The van der Waals surface area contributed by atoms with Crippen molar-refractivity contribution in [2.75, 3.05) is 29.7 Å². The minimum Gasteiger partial charge on any atom is -0.378 e. The molecule has 0 saturated carbocycles. The van der Waals surface area contributed by atoms with Gasteiger partial charge in [0.1, 0.15) is 17.4 Å². The standard InChI is InChI=1S/C21H23N5O6S/c1-14(27)19-13-18(24-25(19)15-6-4-3-5-7-15)21(28)23-11-10-22-17-9-8-16(33(2,31)32)12-20(17)26(29)30/h3-9,12,19,22H,10-11,13H2,1-2H3,(H,23,28). The van der Waals surface area contributed by atoms with E-state index in [9.17, 15) is 28.1 Å². The van der Waals surface area contributed by atoms with E-state index in [0.717, 1.165) is 12.3 Å². The van der Waals surface area contributed by atoms with Gasteiger partial charge >= 0.3 is 0 Å². The Kier molecular flexibility index (Phi) is 7.07. The number of hydrogen-bond acceptors (Lipinski definition) is 9. The second kappa shape index (κ2) is 9.77. The number of nitrogens with zero attached hydrogens (tertiary/aromatic N) is 3. The second-order valence-electron chi connectivity index (χ2n) is 7.45. The predicted molar refractivity (Wildman–Crippen MR) is 123 cm³/mol. The number of nitro groups is 1. The summed E-state index contributed by atoms with van der Waals surface area (Å²) >= 11 is 0. The number of sulfone groups is 1. The Hall–Kier alpha value is -3.80. The number of ketones is 1. The summed E-state index contributed by atoms with van der Waals surface area (Å²) in [6.07, 6.45) is 1.14. The smallest absolute Gasteiger partial charge is 0.293 e. The van der Waals surface area contributed by atoms with Gasteiger partial charge in [-0.3, -0.25) is 24.7 Å². The van der Waals surface area contributed by atoms with Gasteiger partial charge in [-0.1, -0.05) is 18.2 Å². The summed E-state index contributed by atoms with van der Waals surface area (Å²) in [5.41, 5.74) is 0.661. The number of Topliss-reactive ketones (excluding diaryl/α,β-unsaturated/α-hetero) is 1. The van der Waals surface area contributed by atoms with E-state index in [1.807, 2.05) is 18.2 Å². The lowest BCUT2D eigenvalue weighted by Gasteiger charge is -2.20. The predicted octanol–water partition coefficient (Wildman–Crippen LogP) is 1.75. The average molecular weight is 474 g/mol. The highest BCUT2D eigenvalue weighted by atomic mass is 32.2. The van der Waals surface area contributed by atoms with E-state index in [0.29, 0.717) is 5.69 Å². The molecule has 174 valence electrons. The van der Waals surface area contributed by atoms with E-state index in [1.54, 1.807) is 12.1 Å². The van der Waals surface area contributed by atoms with Gasteiger partial charge in [0, 0.05) is 31.8 Å². The zero-order chi connectivity index (χ0) is 24.2. The molecule has 0 fully saturated rings. The highest BCUT2D eigenvalue weighted by molar-refractivity contribution is 7.90. The van der Waals surface area contributed by atoms with Gasteiger partial charge in [0.2, 0.25) is 0 Å². The molecule has 0 aromatic heterocycles. The molecule has 0 bridgehead atoms. The fourth-order valence-electron chi connectivity index (χ4n) is 3.30. The second-order valence-corrected chi connectivity index (χ2v) is 9.46. The summed E-state index contributed by atoms with van der Waals surface area (Å²) in [5.74, 6) is -0.555. The Morgan fingerprint density at radius 1 is 1.18 bits per heavy atom. The van der Waals surface area contributed by atoms with Crippen molar-refractivity contribution >= 4 is 44.3 Å². The molecule has 3 rings (SSSR count). The number of nitro benzene ring substituents is 1. The van der Waals surface area contributed by atoms with Crippen LogP contribution in [0.3, 0.4) is 0 Å². The maximum atomic E-state index is 12.5. The molecule has 2 aromatic rings. The van der Waals surface area contributed by atoms with Gasteiger partial charge in [0.15, 0.2) is 15.6 Å². The van der Waals surface area contributed by atoms with Crippen LogP contribution >= 0.6 is 0 Å². The molecule has 12 heteroatoms. The van der Waals surface area contributed by atoms with Crippen molar-refractivity contribution in [3.63, 3.8) is 0 Å². The number of para-hydroxylation sites is 1. The van der Waals surface area contributed by atoms with Crippen molar-refractivity contribution in [3.05, 3.63) is 58.6 Å². The highest BCUT2D eigenvalue weighted by Crippen LogP contribution is 2.27. The lowest BCUT2D eigenvalue weighted by Crippen LogP contribution is -2.35. The van der Waals surface area contributed by atoms with Crippen molar-refractivity contribution in [1.29, 1.82) is 0 Å². The number of anilines is 2. The van der Waals surface area contributed by atoms with Crippen LogP contribution < -0.4 is 15.6 Å². The molecule has 33 heavy (non-hydrogen) atoms. The normalized spacial score (nSPS) is 15.6. The number of benzene rings is 2. The van der Waals surface area contributed by atoms with Gasteiger partial charge in [0.05, 0.1) is 15.5 Å². The van der Waals surface area contributed by atoms with Crippen molar-refractivity contribution in [2.45, 2.75) is 24.3 Å². The van der Waals surface area contributed by atoms with E-state index in [1.165, 1.54) is 24.1 Å². The van der Waals surface area contributed by atoms with Crippen molar-refractivity contribution in [2.24, 2.45) is 5.10 Å². The third-order valence-corrected chi connectivity index (χ3v) is 6.09. The molecule has 0 aliphatic carbocycles. The fourth-order valence-corrected chi connectivity index (χ4v) is 3.94. The fraction of sp³-hybridized carbons (Fsp3) is 0.286. The van der Waals surface area contributed by atoms with Crippen LogP contribution in [-0.4, -0.2) is 56.1 Å². The molecule has 0 radical (unpaired) electrons. The average Bonchev–Trinajstić information content (AvgIpc) is 3.22. The summed E-state index contributed by atoms with van der Waals surface area (Å²) < 4.78 is 23.3. The molecule has 0 spiro atoms. The van der Waals surface area contributed by atoms with Crippen molar-refractivity contribution in [1.82, 2.24) is 5.32 Å². The number of carbonyl (C=O) groups is 2. The summed E-state index contributed by atoms with van der Waals surface area (Å²) in [6.45, 7) is 1.72. The molecule has 1 amide bonds. The molecule has 1 atom stereocenters. The molecule has 2 N–H and O–H groups in total. The summed E-state index contributed by atoms with van der Waals surface area (Å²) in [4.78, 5) is 35.1. The molecule has 11 nitrogen and oxygen atoms in total. The van der Waals surface area contributed by atoms with E-state index in [-0.39, 0.29) is 47.3 Å². The van der Waals surface area contributed by atoms with Gasteiger partial charge in [0.25, 0.3) is 11.6 Å². The number of hydrogen-bond donors (Lipinski definition) is 2. The largest absolute Gasteiger partial charge is 0.378 e. The molecule has 1 unspecified atom stereocenters. The molecule has 2 aromatic carbocycles. The van der Waals surface area contributed by atoms with E-state index < -0.39 is 26.7 Å². The third-order valence-electron chi connectivity index (χ3n) is 4.98. The van der Waals surface area contributed by atoms with Crippen LogP contribution in [-0.2, 0) is 19.4 Å². The Morgan fingerprint density at radius 2 is 1.88 bits per heavy atom. The Morgan fingerprint density at radius 3 is 2.48 bits per heavy atom. The minimum absolute atomic E-state index is 0.114. The summed E-state index contributed by atoms with van der Waals surface area (Å²) in [6, 6.07) is 12.1. The third kappa shape index (κ3) is 5.71. The van der Waals surface area contributed by atoms with Gasteiger partial charge in [-0.05, 0) is 31.2 Å². The summed E-state index contributed by atoms with van der Waals surface area (Å²) in [5, 5.41) is 22.7. The SMILES string of the molecule is CC(=O)C1CC(C(=O)NCCNc2ccc(S(C)(=O)=O)cc2[N+](=O)[O-])=NN1c1ccccc1.